The average Bonchev–Trinajstić information content (AvgIpc) is 2.78. The van der Waals surface area contributed by atoms with E-state index in [4.69, 9.17) is 5.11 Å². The van der Waals surface area contributed by atoms with Gasteiger partial charge >= 0.3 is 24.8 Å². The molecule has 0 saturated heterocycles. The zero-order chi connectivity index (χ0) is 21.9. The molecule has 0 amide bonds. The summed E-state index contributed by atoms with van der Waals surface area (Å²) in [6, 6.07) is 15.8. The van der Waals surface area contributed by atoms with Crippen LogP contribution in [0.5, 0.6) is 0 Å². The van der Waals surface area contributed by atoms with E-state index >= 15 is 0 Å². The number of carbonyl (C=O) groups is 1. The number of benzene rings is 1. The van der Waals surface area contributed by atoms with Gasteiger partial charge in [0.05, 0.1) is 6.42 Å². The maximum absolute atomic E-state index is 10.9. The Hall–Kier alpha value is -2.92. The van der Waals surface area contributed by atoms with E-state index in [0.717, 1.165) is 24.9 Å². The second-order valence-electron chi connectivity index (χ2n) is 7.13. The van der Waals surface area contributed by atoms with Gasteiger partial charge in [-0.05, 0) is 49.7 Å². The molecular weight excluding hydrogens is 399 g/mol. The normalized spacial score (nSPS) is 10.3. The Morgan fingerprint density at radius 2 is 1.72 bits per heavy atom. The zero-order valence-electron chi connectivity index (χ0n) is 17.6. The first-order valence-electron chi connectivity index (χ1n) is 10.4. The number of hydrogen-bond acceptors (Lipinski definition) is 7. The van der Waals surface area contributed by atoms with Crippen LogP contribution in [0.3, 0.4) is 0 Å². The number of nitrogens with one attached hydrogen (secondary N) is 3. The minimum absolute atomic E-state index is 0. The summed E-state index contributed by atoms with van der Waals surface area (Å²) in [5.74, 6) is 0.838. The molecule has 0 unspecified atom stereocenters. The van der Waals surface area contributed by atoms with E-state index in [1.807, 2.05) is 49.5 Å². The molecule has 3 rings (SSSR count). The SMILES string of the molecule is CNCCCc1ccnc(-c2nc(NCCC(=O)O)cc(NCc3ccccc3)n2)c1.[LiH]. The third-order valence-electron chi connectivity index (χ3n) is 4.63. The maximum atomic E-state index is 10.9. The van der Waals surface area contributed by atoms with Crippen LogP contribution in [0.2, 0.25) is 0 Å². The number of hydrogen-bond donors (Lipinski definition) is 4. The summed E-state index contributed by atoms with van der Waals surface area (Å²) in [7, 11) is 1.94. The van der Waals surface area contributed by atoms with Crippen molar-refractivity contribution in [2.24, 2.45) is 0 Å². The van der Waals surface area contributed by atoms with E-state index in [9.17, 15) is 4.79 Å². The third-order valence-corrected chi connectivity index (χ3v) is 4.63. The fraction of sp³-hybridized carbons (Fsp3) is 0.304. The van der Waals surface area contributed by atoms with E-state index in [1.54, 1.807) is 12.3 Å². The van der Waals surface area contributed by atoms with Gasteiger partial charge in [0, 0.05) is 25.4 Å². The molecule has 0 aliphatic carbocycles. The van der Waals surface area contributed by atoms with Gasteiger partial charge in [-0.15, -0.1) is 0 Å². The number of anilines is 2. The Bertz CT molecular complexity index is 987. The molecule has 0 aliphatic heterocycles. The summed E-state index contributed by atoms with van der Waals surface area (Å²) in [6.45, 7) is 1.84. The first kappa shape index (κ1) is 25.3. The molecule has 2 aromatic heterocycles. The topological polar surface area (TPSA) is 112 Å². The van der Waals surface area contributed by atoms with Gasteiger partial charge in [-0.3, -0.25) is 9.78 Å². The van der Waals surface area contributed by atoms with Crippen LogP contribution in [-0.4, -0.2) is 65.0 Å². The van der Waals surface area contributed by atoms with Crippen LogP contribution in [0.1, 0.15) is 24.0 Å². The Kier molecular flexibility index (Phi) is 10.7. The molecule has 32 heavy (non-hydrogen) atoms. The summed E-state index contributed by atoms with van der Waals surface area (Å²) < 4.78 is 0. The average molecular weight is 428 g/mol. The number of aliphatic carboxylic acids is 1. The number of nitrogens with zero attached hydrogens (tertiary/aromatic N) is 3. The second kappa shape index (κ2) is 13.5. The predicted octanol–water partition coefficient (Wildman–Crippen LogP) is 2.54. The van der Waals surface area contributed by atoms with Crippen LogP contribution < -0.4 is 16.0 Å². The molecule has 3 aromatic rings. The molecule has 0 spiro atoms. The van der Waals surface area contributed by atoms with Crippen LogP contribution in [0.25, 0.3) is 11.5 Å². The van der Waals surface area contributed by atoms with Gasteiger partial charge in [-0.2, -0.15) is 0 Å². The predicted molar refractivity (Wildman–Crippen MR) is 129 cm³/mol. The van der Waals surface area contributed by atoms with Crippen molar-refractivity contribution < 1.29 is 9.90 Å². The molecule has 8 nitrogen and oxygen atoms in total. The summed E-state index contributed by atoms with van der Waals surface area (Å²) in [4.78, 5) is 24.5. The van der Waals surface area contributed by atoms with E-state index in [0.29, 0.717) is 29.7 Å². The molecule has 0 fully saturated rings. The van der Waals surface area contributed by atoms with Gasteiger partial charge < -0.3 is 21.1 Å². The number of carboxylic acid groups (broad SMARTS) is 1. The van der Waals surface area contributed by atoms with Gasteiger partial charge in [0.2, 0.25) is 0 Å². The van der Waals surface area contributed by atoms with E-state index in [2.05, 4.69) is 30.9 Å². The molecule has 2 heterocycles. The molecule has 4 N–H and O–H groups in total. The Morgan fingerprint density at radius 1 is 0.969 bits per heavy atom. The Morgan fingerprint density at radius 3 is 2.44 bits per heavy atom. The van der Waals surface area contributed by atoms with Gasteiger partial charge in [0.1, 0.15) is 17.3 Å². The van der Waals surface area contributed by atoms with Crippen LogP contribution >= 0.6 is 0 Å². The summed E-state index contributed by atoms with van der Waals surface area (Å²) in [5.41, 5.74) is 2.99. The molecule has 1 aromatic carbocycles. The van der Waals surface area contributed by atoms with Crippen LogP contribution in [0.4, 0.5) is 11.6 Å². The molecule has 0 radical (unpaired) electrons. The van der Waals surface area contributed by atoms with Crippen molar-refractivity contribution in [3.63, 3.8) is 0 Å². The standard InChI is InChI=1S/C23H28N6O2.Li.H/c1-24-11-5-8-17-9-12-25-19(14-17)23-28-20(26-13-10-22(30)31)15-21(29-23)27-16-18-6-3-2-4-7-18;;/h2-4,6-7,9,12,14-15,24H,5,8,10-11,13,16H2,1H3,(H,30,31)(H2,26,27,28,29);;. The van der Waals surface area contributed by atoms with Crippen molar-refractivity contribution in [3.05, 3.63) is 65.9 Å². The van der Waals surface area contributed by atoms with Crippen molar-refractivity contribution in [1.29, 1.82) is 0 Å². The molecule has 9 heteroatoms. The molecular formula is C23H29LiN6O2. The first-order valence-corrected chi connectivity index (χ1v) is 10.4. The quantitative estimate of drug-likeness (QED) is 0.257. The minimum atomic E-state index is -0.861. The third kappa shape index (κ3) is 8.31. The number of pyridine rings is 1. The fourth-order valence-electron chi connectivity index (χ4n) is 3.05. The van der Waals surface area contributed by atoms with Crippen molar-refractivity contribution in [2.75, 3.05) is 30.8 Å². The van der Waals surface area contributed by atoms with Crippen LogP contribution in [0.15, 0.2) is 54.7 Å². The Labute approximate surface area is 200 Å². The molecule has 0 saturated carbocycles. The molecule has 0 atom stereocenters. The van der Waals surface area contributed by atoms with E-state index < -0.39 is 5.97 Å². The van der Waals surface area contributed by atoms with E-state index in [1.165, 1.54) is 5.56 Å². The monoisotopic (exact) mass is 428 g/mol. The molecule has 164 valence electrons. The number of carboxylic acids is 1. The van der Waals surface area contributed by atoms with Crippen molar-refractivity contribution in [1.82, 2.24) is 20.3 Å². The van der Waals surface area contributed by atoms with Crippen molar-refractivity contribution in [2.45, 2.75) is 25.8 Å². The first-order chi connectivity index (χ1) is 15.1. The summed E-state index contributed by atoms with van der Waals surface area (Å²) >= 11 is 0. The van der Waals surface area contributed by atoms with Gasteiger partial charge in [-0.1, -0.05) is 30.3 Å². The number of aryl methyl sites for hydroxylation is 1. The van der Waals surface area contributed by atoms with Crippen molar-refractivity contribution >= 4 is 36.5 Å². The van der Waals surface area contributed by atoms with Crippen LogP contribution in [-0.2, 0) is 17.8 Å². The van der Waals surface area contributed by atoms with E-state index in [-0.39, 0.29) is 31.8 Å². The molecule has 0 bridgehead atoms. The number of rotatable bonds is 12. The van der Waals surface area contributed by atoms with Gasteiger partial charge in [0.25, 0.3) is 0 Å². The number of aromatic nitrogens is 3. The van der Waals surface area contributed by atoms with Gasteiger partial charge in [-0.25, -0.2) is 9.97 Å². The second-order valence-corrected chi connectivity index (χ2v) is 7.13. The van der Waals surface area contributed by atoms with Crippen molar-refractivity contribution in [3.8, 4) is 11.5 Å². The summed E-state index contributed by atoms with van der Waals surface area (Å²) in [5, 5.41) is 18.5. The fourth-order valence-corrected chi connectivity index (χ4v) is 3.05. The zero-order valence-corrected chi connectivity index (χ0v) is 17.6. The van der Waals surface area contributed by atoms with Crippen LogP contribution in [0, 0.1) is 0 Å². The molecule has 0 aliphatic rings. The Balaban J connectivity index is 0.00000363. The van der Waals surface area contributed by atoms with Gasteiger partial charge in [0.15, 0.2) is 5.82 Å². The summed E-state index contributed by atoms with van der Waals surface area (Å²) in [6.07, 6.45) is 3.74.